The van der Waals surface area contributed by atoms with Crippen LogP contribution < -0.4 is 5.32 Å². The summed E-state index contributed by atoms with van der Waals surface area (Å²) < 4.78 is 37.5. The molecule has 120 valence electrons. The van der Waals surface area contributed by atoms with Gasteiger partial charge in [0.05, 0.1) is 12.0 Å². The standard InChI is InChI=1S/C18H16F3NO/c19-18(20,21)15-7-4-12(5-8-15)10-17(23)22-16-9-6-13-2-1-3-14(13)11-16/h4-9,11H,1-3,10H2,(H,22,23). The van der Waals surface area contributed by atoms with Crippen LogP contribution in [0, 0.1) is 0 Å². The number of carbonyl (C=O) groups excluding carboxylic acids is 1. The summed E-state index contributed by atoms with van der Waals surface area (Å²) in [6.45, 7) is 0. The number of nitrogens with one attached hydrogen (secondary N) is 1. The smallest absolute Gasteiger partial charge is 0.326 e. The fourth-order valence-corrected chi connectivity index (χ4v) is 2.85. The minimum Gasteiger partial charge on any atom is -0.326 e. The van der Waals surface area contributed by atoms with E-state index in [9.17, 15) is 18.0 Å². The van der Waals surface area contributed by atoms with Crippen LogP contribution in [-0.2, 0) is 30.2 Å². The van der Waals surface area contributed by atoms with E-state index in [0.717, 1.165) is 37.1 Å². The minimum absolute atomic E-state index is 0.0508. The minimum atomic E-state index is -4.36. The maximum atomic E-state index is 12.5. The molecule has 0 aliphatic heterocycles. The van der Waals surface area contributed by atoms with E-state index in [2.05, 4.69) is 5.32 Å². The molecule has 0 saturated carbocycles. The molecule has 0 atom stereocenters. The SMILES string of the molecule is O=C(Cc1ccc(C(F)(F)F)cc1)Nc1ccc2c(c1)CCC2. The first-order chi connectivity index (χ1) is 10.9. The lowest BCUT2D eigenvalue weighted by Gasteiger charge is -2.09. The van der Waals surface area contributed by atoms with Crippen molar-refractivity contribution < 1.29 is 18.0 Å². The van der Waals surface area contributed by atoms with E-state index in [0.29, 0.717) is 5.56 Å². The van der Waals surface area contributed by atoms with Crippen LogP contribution in [0.5, 0.6) is 0 Å². The third-order valence-electron chi connectivity index (χ3n) is 4.03. The van der Waals surface area contributed by atoms with Crippen LogP contribution in [-0.4, -0.2) is 5.91 Å². The van der Waals surface area contributed by atoms with Crippen LogP contribution in [0.25, 0.3) is 0 Å². The third-order valence-corrected chi connectivity index (χ3v) is 4.03. The Morgan fingerprint density at radius 3 is 2.39 bits per heavy atom. The molecule has 1 aliphatic rings. The zero-order chi connectivity index (χ0) is 16.4. The van der Waals surface area contributed by atoms with Gasteiger partial charge in [0, 0.05) is 5.69 Å². The molecule has 5 heteroatoms. The molecule has 1 N–H and O–H groups in total. The maximum Gasteiger partial charge on any atom is 0.416 e. The third kappa shape index (κ3) is 3.73. The molecule has 23 heavy (non-hydrogen) atoms. The van der Waals surface area contributed by atoms with Gasteiger partial charge in [-0.2, -0.15) is 13.2 Å². The topological polar surface area (TPSA) is 29.1 Å². The zero-order valence-electron chi connectivity index (χ0n) is 12.4. The summed E-state index contributed by atoms with van der Waals surface area (Å²) in [5.41, 5.74) is 3.17. The monoisotopic (exact) mass is 319 g/mol. The Hall–Kier alpha value is -2.30. The number of anilines is 1. The van der Waals surface area contributed by atoms with E-state index in [4.69, 9.17) is 0 Å². The van der Waals surface area contributed by atoms with E-state index in [1.54, 1.807) is 0 Å². The molecule has 0 heterocycles. The van der Waals surface area contributed by atoms with Crippen LogP contribution in [0.2, 0.25) is 0 Å². The van der Waals surface area contributed by atoms with Crippen molar-refractivity contribution in [3.8, 4) is 0 Å². The Kier molecular flexibility index (Phi) is 4.11. The van der Waals surface area contributed by atoms with Crippen LogP contribution >= 0.6 is 0 Å². The molecule has 0 spiro atoms. The Labute approximate surface area is 132 Å². The highest BCUT2D eigenvalue weighted by Crippen LogP contribution is 2.29. The summed E-state index contributed by atoms with van der Waals surface area (Å²) >= 11 is 0. The lowest BCUT2D eigenvalue weighted by molar-refractivity contribution is -0.137. The molecule has 0 aromatic heterocycles. The number of alkyl halides is 3. The number of amides is 1. The van der Waals surface area contributed by atoms with Crippen molar-refractivity contribution in [2.75, 3.05) is 5.32 Å². The maximum absolute atomic E-state index is 12.5. The van der Waals surface area contributed by atoms with Gasteiger partial charge in [0.1, 0.15) is 0 Å². The molecule has 0 bridgehead atoms. The number of hydrogen-bond acceptors (Lipinski definition) is 1. The molecule has 0 fully saturated rings. The van der Waals surface area contributed by atoms with Crippen molar-refractivity contribution in [3.63, 3.8) is 0 Å². The van der Waals surface area contributed by atoms with Gasteiger partial charge in [-0.3, -0.25) is 4.79 Å². The molecular weight excluding hydrogens is 303 g/mol. The van der Waals surface area contributed by atoms with E-state index in [1.807, 2.05) is 18.2 Å². The lowest BCUT2D eigenvalue weighted by atomic mass is 10.1. The second kappa shape index (κ2) is 6.07. The molecule has 2 nitrogen and oxygen atoms in total. The zero-order valence-corrected chi connectivity index (χ0v) is 12.4. The molecule has 1 amide bonds. The number of carbonyl (C=O) groups is 1. The summed E-state index contributed by atoms with van der Waals surface area (Å²) in [6.07, 6.45) is -1.06. The van der Waals surface area contributed by atoms with Crippen molar-refractivity contribution in [3.05, 3.63) is 64.7 Å². The van der Waals surface area contributed by atoms with Gasteiger partial charge in [0.15, 0.2) is 0 Å². The van der Waals surface area contributed by atoms with Crippen molar-refractivity contribution in [2.24, 2.45) is 0 Å². The predicted molar refractivity (Wildman–Crippen MR) is 82.2 cm³/mol. The quantitative estimate of drug-likeness (QED) is 0.894. The normalized spacial score (nSPS) is 13.7. The average Bonchev–Trinajstić information content (AvgIpc) is 2.94. The van der Waals surface area contributed by atoms with E-state index >= 15 is 0 Å². The largest absolute Gasteiger partial charge is 0.416 e. The van der Waals surface area contributed by atoms with Gasteiger partial charge in [0.25, 0.3) is 0 Å². The van der Waals surface area contributed by atoms with E-state index < -0.39 is 11.7 Å². The number of aryl methyl sites for hydroxylation is 2. The second-order valence-electron chi connectivity index (χ2n) is 5.76. The van der Waals surface area contributed by atoms with Gasteiger partial charge in [-0.15, -0.1) is 0 Å². The molecule has 1 aliphatic carbocycles. The number of rotatable bonds is 3. The van der Waals surface area contributed by atoms with Gasteiger partial charge >= 0.3 is 6.18 Å². The Morgan fingerprint density at radius 1 is 1.00 bits per heavy atom. The summed E-state index contributed by atoms with van der Waals surface area (Å²) in [5, 5.41) is 2.80. The fraction of sp³-hybridized carbons (Fsp3) is 0.278. The average molecular weight is 319 g/mol. The molecule has 2 aromatic carbocycles. The van der Waals surface area contributed by atoms with Crippen LogP contribution in [0.15, 0.2) is 42.5 Å². The molecule has 0 saturated heterocycles. The predicted octanol–water partition coefficient (Wildman–Crippen LogP) is 4.38. The van der Waals surface area contributed by atoms with Gasteiger partial charge in [-0.25, -0.2) is 0 Å². The number of benzene rings is 2. The van der Waals surface area contributed by atoms with Crippen LogP contribution in [0.1, 0.15) is 28.7 Å². The first kappa shape index (κ1) is 15.6. The van der Waals surface area contributed by atoms with Crippen molar-refractivity contribution in [2.45, 2.75) is 31.9 Å². The molecular formula is C18H16F3NO. The first-order valence-electron chi connectivity index (χ1n) is 7.49. The molecule has 3 rings (SSSR count). The van der Waals surface area contributed by atoms with Gasteiger partial charge in [0.2, 0.25) is 5.91 Å². The highest BCUT2D eigenvalue weighted by atomic mass is 19.4. The highest BCUT2D eigenvalue weighted by molar-refractivity contribution is 5.92. The number of fused-ring (bicyclic) bond motifs is 1. The fourth-order valence-electron chi connectivity index (χ4n) is 2.85. The van der Waals surface area contributed by atoms with Crippen molar-refractivity contribution in [1.29, 1.82) is 0 Å². The molecule has 2 aromatic rings. The van der Waals surface area contributed by atoms with E-state index in [1.165, 1.54) is 23.3 Å². The Bertz CT molecular complexity index is 720. The second-order valence-corrected chi connectivity index (χ2v) is 5.76. The summed E-state index contributed by atoms with van der Waals surface area (Å²) in [5.74, 6) is -0.234. The Morgan fingerprint density at radius 2 is 1.70 bits per heavy atom. The van der Waals surface area contributed by atoms with E-state index in [-0.39, 0.29) is 12.3 Å². The van der Waals surface area contributed by atoms with Gasteiger partial charge < -0.3 is 5.32 Å². The van der Waals surface area contributed by atoms with Gasteiger partial charge in [-0.1, -0.05) is 18.2 Å². The summed E-state index contributed by atoms with van der Waals surface area (Å²) in [4.78, 5) is 12.0. The summed E-state index contributed by atoms with van der Waals surface area (Å²) in [6, 6.07) is 10.5. The summed E-state index contributed by atoms with van der Waals surface area (Å²) in [7, 11) is 0. The first-order valence-corrected chi connectivity index (χ1v) is 7.49. The van der Waals surface area contributed by atoms with Crippen LogP contribution in [0.3, 0.4) is 0 Å². The molecule has 0 radical (unpaired) electrons. The number of halogens is 3. The lowest BCUT2D eigenvalue weighted by Crippen LogP contribution is -2.14. The number of hydrogen-bond donors (Lipinski definition) is 1. The molecule has 0 unspecified atom stereocenters. The Balaban J connectivity index is 1.63. The van der Waals surface area contributed by atoms with Crippen molar-refractivity contribution in [1.82, 2.24) is 0 Å². The highest BCUT2D eigenvalue weighted by Gasteiger charge is 2.29. The van der Waals surface area contributed by atoms with Gasteiger partial charge in [-0.05, 0) is 60.2 Å². The van der Waals surface area contributed by atoms with Crippen LogP contribution in [0.4, 0.5) is 18.9 Å². The van der Waals surface area contributed by atoms with Crippen molar-refractivity contribution >= 4 is 11.6 Å².